The Hall–Kier alpha value is -1.23. The number of halogens is 1. The number of anilines is 1. The SMILES string of the molecule is COc1ccc(N(C)CC2CC2C(=O)O)cc1Br. The molecule has 1 N–H and O–H groups in total. The molecule has 0 heterocycles. The van der Waals surface area contributed by atoms with E-state index in [0.29, 0.717) is 0 Å². The Morgan fingerprint density at radius 1 is 1.61 bits per heavy atom. The van der Waals surface area contributed by atoms with Gasteiger partial charge in [0.15, 0.2) is 0 Å². The zero-order chi connectivity index (χ0) is 13.3. The lowest BCUT2D eigenvalue weighted by molar-refractivity contribution is -0.138. The molecule has 4 nitrogen and oxygen atoms in total. The first-order valence-corrected chi connectivity index (χ1v) is 6.59. The molecule has 0 aromatic heterocycles. The molecule has 1 saturated carbocycles. The zero-order valence-corrected chi connectivity index (χ0v) is 12.0. The van der Waals surface area contributed by atoms with Gasteiger partial charge < -0.3 is 14.7 Å². The van der Waals surface area contributed by atoms with Gasteiger partial charge in [-0.25, -0.2) is 0 Å². The molecule has 1 aliphatic rings. The molecule has 5 heteroatoms. The summed E-state index contributed by atoms with van der Waals surface area (Å²) in [4.78, 5) is 12.9. The lowest BCUT2D eigenvalue weighted by Crippen LogP contribution is -2.21. The van der Waals surface area contributed by atoms with Gasteiger partial charge in [0.05, 0.1) is 17.5 Å². The number of carbonyl (C=O) groups is 1. The highest BCUT2D eigenvalue weighted by Crippen LogP contribution is 2.40. The maximum Gasteiger partial charge on any atom is 0.306 e. The van der Waals surface area contributed by atoms with Crippen LogP contribution in [0.15, 0.2) is 22.7 Å². The Balaban J connectivity index is 1.99. The molecule has 2 atom stereocenters. The number of rotatable bonds is 5. The predicted molar refractivity (Wildman–Crippen MR) is 73.2 cm³/mol. The van der Waals surface area contributed by atoms with Crippen molar-refractivity contribution in [3.63, 3.8) is 0 Å². The van der Waals surface area contributed by atoms with Crippen LogP contribution < -0.4 is 9.64 Å². The van der Waals surface area contributed by atoms with Crippen molar-refractivity contribution >= 4 is 27.6 Å². The number of benzene rings is 1. The minimum atomic E-state index is -0.677. The van der Waals surface area contributed by atoms with E-state index in [1.165, 1.54) is 0 Å². The van der Waals surface area contributed by atoms with Crippen molar-refractivity contribution in [3.8, 4) is 5.75 Å². The summed E-state index contributed by atoms with van der Waals surface area (Å²) in [5, 5.41) is 8.88. The normalized spacial score (nSPS) is 21.5. The molecule has 18 heavy (non-hydrogen) atoms. The van der Waals surface area contributed by atoms with Gasteiger partial charge in [0.2, 0.25) is 0 Å². The van der Waals surface area contributed by atoms with Crippen LogP contribution in [-0.4, -0.2) is 31.8 Å². The van der Waals surface area contributed by atoms with Crippen LogP contribution in [-0.2, 0) is 4.79 Å². The fourth-order valence-electron chi connectivity index (χ4n) is 2.10. The van der Waals surface area contributed by atoms with Crippen LogP contribution in [0, 0.1) is 11.8 Å². The number of hydrogen-bond acceptors (Lipinski definition) is 3. The van der Waals surface area contributed by atoms with E-state index in [9.17, 15) is 4.79 Å². The Morgan fingerprint density at radius 3 is 2.83 bits per heavy atom. The van der Waals surface area contributed by atoms with Crippen LogP contribution in [0.1, 0.15) is 6.42 Å². The first-order valence-electron chi connectivity index (χ1n) is 5.80. The molecule has 0 saturated heterocycles. The number of carboxylic acid groups (broad SMARTS) is 1. The maximum atomic E-state index is 10.8. The van der Waals surface area contributed by atoms with Gasteiger partial charge in [-0.05, 0) is 46.5 Å². The van der Waals surface area contributed by atoms with Crippen LogP contribution in [0.25, 0.3) is 0 Å². The summed E-state index contributed by atoms with van der Waals surface area (Å²) in [6.07, 6.45) is 0.789. The molecule has 1 aromatic carbocycles. The summed E-state index contributed by atoms with van der Waals surface area (Å²) < 4.78 is 6.08. The number of carboxylic acids is 1. The van der Waals surface area contributed by atoms with Gasteiger partial charge in [-0.1, -0.05) is 0 Å². The predicted octanol–water partition coefficient (Wildman–Crippen LogP) is 2.61. The van der Waals surface area contributed by atoms with Gasteiger partial charge in [0, 0.05) is 19.3 Å². The van der Waals surface area contributed by atoms with E-state index < -0.39 is 5.97 Å². The third-order valence-electron chi connectivity index (χ3n) is 3.32. The van der Waals surface area contributed by atoms with Crippen molar-refractivity contribution in [1.29, 1.82) is 0 Å². The van der Waals surface area contributed by atoms with Gasteiger partial charge in [-0.15, -0.1) is 0 Å². The van der Waals surface area contributed by atoms with Gasteiger partial charge in [0.25, 0.3) is 0 Å². The smallest absolute Gasteiger partial charge is 0.306 e. The number of methoxy groups -OCH3 is 1. The molecule has 0 bridgehead atoms. The van der Waals surface area contributed by atoms with E-state index in [4.69, 9.17) is 9.84 Å². The summed E-state index contributed by atoms with van der Waals surface area (Å²) in [6, 6.07) is 5.86. The van der Waals surface area contributed by atoms with E-state index in [-0.39, 0.29) is 11.8 Å². The lowest BCUT2D eigenvalue weighted by Gasteiger charge is -2.20. The third kappa shape index (κ3) is 2.77. The molecule has 98 valence electrons. The Bertz CT molecular complexity index is 464. The molecular weight excluding hydrogens is 298 g/mol. The Morgan fingerprint density at radius 2 is 2.33 bits per heavy atom. The van der Waals surface area contributed by atoms with Crippen molar-refractivity contribution < 1.29 is 14.6 Å². The largest absolute Gasteiger partial charge is 0.496 e. The molecule has 2 unspecified atom stereocenters. The molecule has 0 spiro atoms. The Labute approximate surface area is 115 Å². The van der Waals surface area contributed by atoms with Crippen LogP contribution in [0.5, 0.6) is 5.75 Å². The summed E-state index contributed by atoms with van der Waals surface area (Å²) >= 11 is 3.45. The van der Waals surface area contributed by atoms with Gasteiger partial charge >= 0.3 is 5.97 Å². The van der Waals surface area contributed by atoms with Crippen molar-refractivity contribution in [1.82, 2.24) is 0 Å². The van der Waals surface area contributed by atoms with E-state index in [1.54, 1.807) is 7.11 Å². The second-order valence-corrected chi connectivity index (χ2v) is 5.49. The van der Waals surface area contributed by atoms with Gasteiger partial charge in [0.1, 0.15) is 5.75 Å². The summed E-state index contributed by atoms with van der Waals surface area (Å²) in [5.41, 5.74) is 1.05. The monoisotopic (exact) mass is 313 g/mol. The highest BCUT2D eigenvalue weighted by molar-refractivity contribution is 9.10. The lowest BCUT2D eigenvalue weighted by atomic mass is 10.2. The first kappa shape index (κ1) is 13.2. The van der Waals surface area contributed by atoms with Crippen molar-refractivity contribution in [2.45, 2.75) is 6.42 Å². The second kappa shape index (κ2) is 5.18. The third-order valence-corrected chi connectivity index (χ3v) is 3.94. The molecule has 2 rings (SSSR count). The highest BCUT2D eigenvalue weighted by atomic mass is 79.9. The minimum absolute atomic E-state index is 0.158. The van der Waals surface area contributed by atoms with E-state index >= 15 is 0 Å². The van der Waals surface area contributed by atoms with E-state index in [2.05, 4.69) is 20.8 Å². The number of hydrogen-bond donors (Lipinski definition) is 1. The van der Waals surface area contributed by atoms with E-state index in [0.717, 1.165) is 28.9 Å². The van der Waals surface area contributed by atoms with Crippen molar-refractivity contribution in [2.24, 2.45) is 11.8 Å². The quantitative estimate of drug-likeness (QED) is 0.908. The van der Waals surface area contributed by atoms with Gasteiger partial charge in [-0.2, -0.15) is 0 Å². The highest BCUT2D eigenvalue weighted by Gasteiger charge is 2.43. The molecule has 0 amide bonds. The Kier molecular flexibility index (Phi) is 3.80. The number of aliphatic carboxylic acids is 1. The molecule has 1 aromatic rings. The van der Waals surface area contributed by atoms with Crippen molar-refractivity contribution in [2.75, 3.05) is 25.6 Å². The zero-order valence-electron chi connectivity index (χ0n) is 10.4. The van der Waals surface area contributed by atoms with E-state index in [1.807, 2.05) is 25.2 Å². The summed E-state index contributed by atoms with van der Waals surface area (Å²) in [5.74, 6) is 0.230. The fourth-order valence-corrected chi connectivity index (χ4v) is 2.63. The second-order valence-electron chi connectivity index (χ2n) is 4.64. The fraction of sp³-hybridized carbons (Fsp3) is 0.462. The van der Waals surface area contributed by atoms with Crippen molar-refractivity contribution in [3.05, 3.63) is 22.7 Å². The average molecular weight is 314 g/mol. The summed E-state index contributed by atoms with van der Waals surface area (Å²) in [6.45, 7) is 0.774. The molecule has 1 fully saturated rings. The van der Waals surface area contributed by atoms with Crippen LogP contribution in [0.4, 0.5) is 5.69 Å². The van der Waals surface area contributed by atoms with Gasteiger partial charge in [-0.3, -0.25) is 4.79 Å². The topological polar surface area (TPSA) is 49.8 Å². The van der Waals surface area contributed by atoms with Crippen LogP contribution >= 0.6 is 15.9 Å². The molecule has 1 aliphatic carbocycles. The number of ether oxygens (including phenoxy) is 1. The maximum absolute atomic E-state index is 10.8. The minimum Gasteiger partial charge on any atom is -0.496 e. The molecule has 0 radical (unpaired) electrons. The molecule has 0 aliphatic heterocycles. The average Bonchev–Trinajstić information content (AvgIpc) is 3.08. The van der Waals surface area contributed by atoms with Crippen LogP contribution in [0.3, 0.4) is 0 Å². The first-order chi connectivity index (χ1) is 8.52. The summed E-state index contributed by atoms with van der Waals surface area (Å²) in [7, 11) is 3.61. The standard InChI is InChI=1S/C13H16BrNO3/c1-15(7-8-5-10(8)13(16)17)9-3-4-12(18-2)11(14)6-9/h3-4,6,8,10H,5,7H2,1-2H3,(H,16,17). The number of nitrogens with zero attached hydrogens (tertiary/aromatic N) is 1. The molecular formula is C13H16BrNO3. The van der Waals surface area contributed by atoms with Crippen LogP contribution in [0.2, 0.25) is 0 Å².